The number of aryl methyl sites for hydroxylation is 1. The molecule has 0 aliphatic heterocycles. The molecular formula is C12H15N3O2. The van der Waals surface area contributed by atoms with Gasteiger partial charge in [-0.1, -0.05) is 18.2 Å². The van der Waals surface area contributed by atoms with Gasteiger partial charge in [0.25, 0.3) is 0 Å². The van der Waals surface area contributed by atoms with E-state index < -0.39 is 0 Å². The van der Waals surface area contributed by atoms with Crippen molar-refractivity contribution < 1.29 is 4.74 Å². The van der Waals surface area contributed by atoms with Gasteiger partial charge in [0.15, 0.2) is 5.82 Å². The fourth-order valence-corrected chi connectivity index (χ4v) is 1.61. The number of nitrogens with one attached hydrogen (secondary N) is 1. The summed E-state index contributed by atoms with van der Waals surface area (Å²) in [4.78, 5) is 14.0. The van der Waals surface area contributed by atoms with Crippen LogP contribution in [0, 0.1) is 0 Å². The third kappa shape index (κ3) is 2.29. The standard InChI is InChI=1S/C12H15N3O2/c1-8(17-3)9-5-4-6-10(7-9)11-13-12(16)15(2)14-11/h4-8H,1-3H3,(H,13,14,16). The maximum atomic E-state index is 11.3. The van der Waals surface area contributed by atoms with Gasteiger partial charge in [-0.25, -0.2) is 9.48 Å². The third-order valence-electron chi connectivity index (χ3n) is 2.75. The second kappa shape index (κ2) is 4.55. The molecule has 0 radical (unpaired) electrons. The van der Waals surface area contributed by atoms with Crippen molar-refractivity contribution in [2.24, 2.45) is 7.05 Å². The highest BCUT2D eigenvalue weighted by Crippen LogP contribution is 2.21. The molecule has 17 heavy (non-hydrogen) atoms. The van der Waals surface area contributed by atoms with Crippen molar-refractivity contribution in [3.05, 3.63) is 40.3 Å². The summed E-state index contributed by atoms with van der Waals surface area (Å²) in [5.41, 5.74) is 1.71. The first-order valence-electron chi connectivity index (χ1n) is 5.38. The Bertz CT molecular complexity index is 571. The molecule has 1 aromatic heterocycles. The number of ether oxygens (including phenoxy) is 1. The molecule has 0 saturated carbocycles. The second-order valence-electron chi connectivity index (χ2n) is 3.91. The normalized spacial score (nSPS) is 12.6. The lowest BCUT2D eigenvalue weighted by molar-refractivity contribution is 0.119. The van der Waals surface area contributed by atoms with Crippen molar-refractivity contribution in [1.82, 2.24) is 14.8 Å². The molecule has 1 N–H and O–H groups in total. The van der Waals surface area contributed by atoms with Gasteiger partial charge in [-0.15, -0.1) is 0 Å². The zero-order valence-corrected chi connectivity index (χ0v) is 10.1. The summed E-state index contributed by atoms with van der Waals surface area (Å²) in [6.07, 6.45) is 0.0189. The molecule has 90 valence electrons. The fourth-order valence-electron chi connectivity index (χ4n) is 1.61. The van der Waals surface area contributed by atoms with Crippen LogP contribution in [0.2, 0.25) is 0 Å². The van der Waals surface area contributed by atoms with Crippen LogP contribution in [0.3, 0.4) is 0 Å². The Morgan fingerprint density at radius 1 is 1.47 bits per heavy atom. The van der Waals surface area contributed by atoms with E-state index in [0.717, 1.165) is 11.1 Å². The summed E-state index contributed by atoms with van der Waals surface area (Å²) >= 11 is 0. The summed E-state index contributed by atoms with van der Waals surface area (Å²) in [7, 11) is 3.28. The van der Waals surface area contributed by atoms with E-state index in [1.54, 1.807) is 14.2 Å². The Hall–Kier alpha value is -1.88. The molecule has 0 bridgehead atoms. The number of hydrogen-bond donors (Lipinski definition) is 1. The predicted molar refractivity (Wildman–Crippen MR) is 64.7 cm³/mol. The van der Waals surface area contributed by atoms with Crippen LogP contribution in [-0.4, -0.2) is 21.9 Å². The maximum Gasteiger partial charge on any atom is 0.343 e. The van der Waals surface area contributed by atoms with Crippen molar-refractivity contribution in [1.29, 1.82) is 0 Å². The van der Waals surface area contributed by atoms with Crippen molar-refractivity contribution in [3.8, 4) is 11.4 Å². The minimum Gasteiger partial charge on any atom is -0.377 e. The monoisotopic (exact) mass is 233 g/mol. The molecule has 0 spiro atoms. The van der Waals surface area contributed by atoms with Gasteiger partial charge in [-0.3, -0.25) is 4.98 Å². The lowest BCUT2D eigenvalue weighted by atomic mass is 10.1. The van der Waals surface area contributed by atoms with E-state index in [0.29, 0.717) is 5.82 Å². The molecular weight excluding hydrogens is 218 g/mol. The van der Waals surface area contributed by atoms with Gasteiger partial charge in [-0.2, -0.15) is 5.10 Å². The van der Waals surface area contributed by atoms with Crippen molar-refractivity contribution >= 4 is 0 Å². The summed E-state index contributed by atoms with van der Waals surface area (Å²) in [6.45, 7) is 1.97. The molecule has 2 aromatic rings. The van der Waals surface area contributed by atoms with Gasteiger partial charge in [-0.05, 0) is 18.6 Å². The number of benzene rings is 1. The Labute approximate surface area is 99.1 Å². The number of aromatic amines is 1. The van der Waals surface area contributed by atoms with Crippen LogP contribution in [0.1, 0.15) is 18.6 Å². The van der Waals surface area contributed by atoms with Crippen LogP contribution in [0.5, 0.6) is 0 Å². The molecule has 5 heteroatoms. The average molecular weight is 233 g/mol. The number of rotatable bonds is 3. The molecule has 0 aliphatic carbocycles. The van der Waals surface area contributed by atoms with Gasteiger partial charge in [0.1, 0.15) is 0 Å². The molecule has 0 fully saturated rings. The van der Waals surface area contributed by atoms with Gasteiger partial charge in [0, 0.05) is 19.7 Å². The lowest BCUT2D eigenvalue weighted by Gasteiger charge is -2.10. The van der Waals surface area contributed by atoms with E-state index in [-0.39, 0.29) is 11.8 Å². The first-order valence-corrected chi connectivity index (χ1v) is 5.38. The van der Waals surface area contributed by atoms with Gasteiger partial charge in [0.05, 0.1) is 6.10 Å². The predicted octanol–water partition coefficient (Wildman–Crippen LogP) is 1.48. The summed E-state index contributed by atoms with van der Waals surface area (Å²) in [6, 6.07) is 7.78. The third-order valence-corrected chi connectivity index (χ3v) is 2.75. The first kappa shape index (κ1) is 11.6. The SMILES string of the molecule is COC(C)c1cccc(-c2nn(C)c(=O)[nH]2)c1. The summed E-state index contributed by atoms with van der Waals surface area (Å²) in [5, 5.41) is 4.11. The molecule has 0 amide bonds. The fraction of sp³-hybridized carbons (Fsp3) is 0.333. The van der Waals surface area contributed by atoms with Crippen molar-refractivity contribution in [3.63, 3.8) is 0 Å². The number of nitrogens with zero attached hydrogens (tertiary/aromatic N) is 2. The molecule has 1 unspecified atom stereocenters. The van der Waals surface area contributed by atoms with E-state index in [9.17, 15) is 4.79 Å². The topological polar surface area (TPSA) is 59.9 Å². The smallest absolute Gasteiger partial charge is 0.343 e. The molecule has 5 nitrogen and oxygen atoms in total. The Balaban J connectivity index is 2.42. The van der Waals surface area contributed by atoms with Crippen LogP contribution < -0.4 is 5.69 Å². The van der Waals surface area contributed by atoms with Crippen molar-refractivity contribution in [2.75, 3.05) is 7.11 Å². The molecule has 0 saturated heterocycles. The van der Waals surface area contributed by atoms with Gasteiger partial charge >= 0.3 is 5.69 Å². The van der Waals surface area contributed by atoms with Crippen LogP contribution in [-0.2, 0) is 11.8 Å². The van der Waals surface area contributed by atoms with E-state index >= 15 is 0 Å². The number of hydrogen-bond acceptors (Lipinski definition) is 3. The molecule has 1 heterocycles. The average Bonchev–Trinajstić information content (AvgIpc) is 2.69. The van der Waals surface area contributed by atoms with Crippen LogP contribution >= 0.6 is 0 Å². The largest absolute Gasteiger partial charge is 0.377 e. The molecule has 2 rings (SSSR count). The summed E-state index contributed by atoms with van der Waals surface area (Å²) < 4.78 is 6.54. The maximum absolute atomic E-state index is 11.3. The quantitative estimate of drug-likeness (QED) is 0.873. The van der Waals surface area contributed by atoms with E-state index in [1.807, 2.05) is 31.2 Å². The molecule has 0 aliphatic rings. The van der Waals surface area contributed by atoms with Crippen LogP contribution in [0.25, 0.3) is 11.4 Å². The zero-order valence-electron chi connectivity index (χ0n) is 10.1. The van der Waals surface area contributed by atoms with Gasteiger partial charge < -0.3 is 4.74 Å². The minimum atomic E-state index is -0.217. The second-order valence-corrected chi connectivity index (χ2v) is 3.91. The minimum absolute atomic E-state index is 0.0189. The number of H-pyrrole nitrogens is 1. The Morgan fingerprint density at radius 3 is 2.82 bits per heavy atom. The van der Waals surface area contributed by atoms with E-state index in [2.05, 4.69) is 10.1 Å². The zero-order chi connectivity index (χ0) is 12.4. The highest BCUT2D eigenvalue weighted by molar-refractivity contribution is 5.55. The lowest BCUT2D eigenvalue weighted by Crippen LogP contribution is -2.13. The highest BCUT2D eigenvalue weighted by atomic mass is 16.5. The summed E-state index contributed by atoms with van der Waals surface area (Å²) in [5.74, 6) is 0.572. The van der Waals surface area contributed by atoms with E-state index in [1.165, 1.54) is 4.68 Å². The Morgan fingerprint density at radius 2 is 2.24 bits per heavy atom. The Kier molecular flexibility index (Phi) is 3.10. The van der Waals surface area contributed by atoms with Crippen LogP contribution in [0.4, 0.5) is 0 Å². The van der Waals surface area contributed by atoms with Crippen molar-refractivity contribution in [2.45, 2.75) is 13.0 Å². The number of aromatic nitrogens is 3. The highest BCUT2D eigenvalue weighted by Gasteiger charge is 2.08. The van der Waals surface area contributed by atoms with Gasteiger partial charge in [0.2, 0.25) is 0 Å². The molecule has 1 atom stereocenters. The number of methoxy groups -OCH3 is 1. The van der Waals surface area contributed by atoms with E-state index in [4.69, 9.17) is 4.74 Å². The first-order chi connectivity index (χ1) is 8.11. The van der Waals surface area contributed by atoms with Crippen LogP contribution in [0.15, 0.2) is 29.1 Å². The molecule has 1 aromatic carbocycles.